The lowest BCUT2D eigenvalue weighted by Gasteiger charge is -2.16. The van der Waals surface area contributed by atoms with Crippen molar-refractivity contribution in [2.75, 3.05) is 13.6 Å². The molecule has 0 aliphatic heterocycles. The zero-order valence-electron chi connectivity index (χ0n) is 11.6. The highest BCUT2D eigenvalue weighted by atomic mass is 32.2. The van der Waals surface area contributed by atoms with E-state index in [0.29, 0.717) is 17.2 Å². The maximum absolute atomic E-state index is 12.9. The molecule has 0 saturated heterocycles. The Morgan fingerprint density at radius 3 is 2.48 bits per heavy atom. The van der Waals surface area contributed by atoms with Crippen molar-refractivity contribution < 1.29 is 12.8 Å². The fraction of sp³-hybridized carbons (Fsp3) is 0.286. The summed E-state index contributed by atoms with van der Waals surface area (Å²) in [4.78, 5) is 0.950. The number of hydrogen-bond acceptors (Lipinski definition) is 4. The van der Waals surface area contributed by atoms with E-state index in [4.69, 9.17) is 5.73 Å². The van der Waals surface area contributed by atoms with Gasteiger partial charge in [-0.25, -0.2) is 12.8 Å². The van der Waals surface area contributed by atoms with Crippen LogP contribution in [0.5, 0.6) is 0 Å². The van der Waals surface area contributed by atoms with Crippen molar-refractivity contribution in [1.82, 2.24) is 4.31 Å². The Bertz CT molecular complexity index is 696. The molecule has 21 heavy (non-hydrogen) atoms. The lowest BCUT2D eigenvalue weighted by atomic mass is 10.2. The second kappa shape index (κ2) is 6.65. The molecule has 0 bridgehead atoms. The molecule has 0 amide bonds. The molecule has 2 aromatic rings. The van der Waals surface area contributed by atoms with Crippen LogP contribution in [0.1, 0.15) is 10.4 Å². The zero-order valence-corrected chi connectivity index (χ0v) is 13.3. The van der Waals surface area contributed by atoms with Crippen LogP contribution < -0.4 is 5.73 Å². The van der Waals surface area contributed by atoms with Gasteiger partial charge in [-0.2, -0.15) is 4.31 Å². The van der Waals surface area contributed by atoms with Crippen LogP contribution in [-0.4, -0.2) is 26.3 Å². The van der Waals surface area contributed by atoms with E-state index >= 15 is 0 Å². The Kier molecular flexibility index (Phi) is 5.10. The average molecular weight is 328 g/mol. The highest BCUT2D eigenvalue weighted by molar-refractivity contribution is 7.91. The SMILES string of the molecule is CN(Cc1ccc(F)cc1)S(=O)(=O)c1ccc(CCN)s1. The summed E-state index contributed by atoms with van der Waals surface area (Å²) < 4.78 is 39.3. The Morgan fingerprint density at radius 1 is 1.19 bits per heavy atom. The first-order chi connectivity index (χ1) is 9.93. The Labute approximate surface area is 128 Å². The van der Waals surface area contributed by atoms with Crippen LogP contribution >= 0.6 is 11.3 Å². The van der Waals surface area contributed by atoms with Crippen LogP contribution in [0, 0.1) is 5.82 Å². The minimum Gasteiger partial charge on any atom is -0.330 e. The van der Waals surface area contributed by atoms with Gasteiger partial charge in [0.25, 0.3) is 10.0 Å². The van der Waals surface area contributed by atoms with Crippen LogP contribution in [0.4, 0.5) is 4.39 Å². The van der Waals surface area contributed by atoms with Gasteiger partial charge < -0.3 is 5.73 Å². The van der Waals surface area contributed by atoms with Gasteiger partial charge in [-0.05, 0) is 42.8 Å². The summed E-state index contributed by atoms with van der Waals surface area (Å²) in [6.07, 6.45) is 0.669. The molecular weight excluding hydrogens is 311 g/mol. The van der Waals surface area contributed by atoms with Crippen LogP contribution in [-0.2, 0) is 23.0 Å². The Morgan fingerprint density at radius 2 is 1.86 bits per heavy atom. The molecule has 4 nitrogen and oxygen atoms in total. The van der Waals surface area contributed by atoms with Gasteiger partial charge in [-0.15, -0.1) is 11.3 Å². The summed E-state index contributed by atoms with van der Waals surface area (Å²) >= 11 is 1.24. The molecule has 114 valence electrons. The molecule has 7 heteroatoms. The number of nitrogens with zero attached hydrogens (tertiary/aromatic N) is 1. The van der Waals surface area contributed by atoms with E-state index in [0.717, 1.165) is 10.4 Å². The van der Waals surface area contributed by atoms with E-state index in [1.54, 1.807) is 24.3 Å². The molecule has 0 spiro atoms. The molecule has 0 unspecified atom stereocenters. The first kappa shape index (κ1) is 16.1. The molecule has 0 fully saturated rings. The molecule has 0 saturated carbocycles. The Balaban J connectivity index is 2.15. The van der Waals surface area contributed by atoms with Gasteiger partial charge in [0.2, 0.25) is 0 Å². The lowest BCUT2D eigenvalue weighted by Crippen LogP contribution is -2.25. The molecule has 0 aliphatic carbocycles. The number of thiophene rings is 1. The highest BCUT2D eigenvalue weighted by Gasteiger charge is 2.22. The molecule has 0 aliphatic rings. The van der Waals surface area contributed by atoms with Gasteiger partial charge in [0, 0.05) is 18.5 Å². The standard InChI is InChI=1S/C14H17FN2O2S2/c1-17(10-11-2-4-12(15)5-3-11)21(18,19)14-7-6-13(20-14)8-9-16/h2-7H,8-10,16H2,1H3. The normalized spacial score (nSPS) is 12.0. The van der Waals surface area contributed by atoms with Crippen molar-refractivity contribution in [1.29, 1.82) is 0 Å². The molecule has 0 radical (unpaired) electrons. The van der Waals surface area contributed by atoms with Gasteiger partial charge in [0.05, 0.1) is 0 Å². The molecule has 0 atom stereocenters. The largest absolute Gasteiger partial charge is 0.330 e. The number of sulfonamides is 1. The van der Waals surface area contributed by atoms with E-state index in [2.05, 4.69) is 0 Å². The Hall–Kier alpha value is -1.28. The minimum atomic E-state index is -3.53. The third kappa shape index (κ3) is 3.88. The van der Waals surface area contributed by atoms with Crippen LogP contribution in [0.3, 0.4) is 0 Å². The number of rotatable bonds is 6. The van der Waals surface area contributed by atoms with Crippen molar-refractivity contribution >= 4 is 21.4 Å². The van der Waals surface area contributed by atoms with Gasteiger partial charge >= 0.3 is 0 Å². The van der Waals surface area contributed by atoms with Gasteiger partial charge in [-0.3, -0.25) is 0 Å². The molecule has 1 aromatic heterocycles. The lowest BCUT2D eigenvalue weighted by molar-refractivity contribution is 0.468. The summed E-state index contributed by atoms with van der Waals surface area (Å²) in [6, 6.07) is 9.19. The van der Waals surface area contributed by atoms with Crippen molar-refractivity contribution in [2.45, 2.75) is 17.2 Å². The number of benzene rings is 1. The summed E-state index contributed by atoms with van der Waals surface area (Å²) in [6.45, 7) is 0.693. The molecule has 1 heterocycles. The maximum Gasteiger partial charge on any atom is 0.252 e. The number of halogens is 1. The highest BCUT2D eigenvalue weighted by Crippen LogP contribution is 2.25. The van der Waals surface area contributed by atoms with Crippen molar-refractivity contribution in [3.63, 3.8) is 0 Å². The molecule has 2 rings (SSSR count). The summed E-state index contributed by atoms with van der Waals surface area (Å²) in [5, 5.41) is 0. The second-order valence-corrected chi connectivity index (χ2v) is 8.09. The molecule has 1 aromatic carbocycles. The van der Waals surface area contributed by atoms with E-state index in [1.807, 2.05) is 0 Å². The summed E-state index contributed by atoms with van der Waals surface area (Å²) in [5.41, 5.74) is 6.21. The summed E-state index contributed by atoms with van der Waals surface area (Å²) in [7, 11) is -2.01. The van der Waals surface area contributed by atoms with E-state index in [9.17, 15) is 12.8 Å². The first-order valence-electron chi connectivity index (χ1n) is 6.43. The van der Waals surface area contributed by atoms with Crippen LogP contribution in [0.15, 0.2) is 40.6 Å². The predicted octanol–water partition coefficient (Wildman–Crippen LogP) is 2.21. The third-order valence-corrected chi connectivity index (χ3v) is 6.43. The molecule has 2 N–H and O–H groups in total. The third-order valence-electron chi connectivity index (χ3n) is 3.01. The van der Waals surface area contributed by atoms with Crippen molar-refractivity contribution in [3.8, 4) is 0 Å². The average Bonchev–Trinajstić information content (AvgIpc) is 2.91. The van der Waals surface area contributed by atoms with Crippen molar-refractivity contribution in [3.05, 3.63) is 52.7 Å². The van der Waals surface area contributed by atoms with Crippen LogP contribution in [0.25, 0.3) is 0 Å². The quantitative estimate of drug-likeness (QED) is 0.884. The smallest absolute Gasteiger partial charge is 0.252 e. The van der Waals surface area contributed by atoms with E-state index < -0.39 is 10.0 Å². The fourth-order valence-electron chi connectivity index (χ4n) is 1.86. The zero-order chi connectivity index (χ0) is 15.5. The van der Waals surface area contributed by atoms with Gasteiger partial charge in [0.15, 0.2) is 0 Å². The molecular formula is C14H17FN2O2S2. The minimum absolute atomic E-state index is 0.201. The van der Waals surface area contributed by atoms with Gasteiger partial charge in [-0.1, -0.05) is 12.1 Å². The maximum atomic E-state index is 12.9. The van der Waals surface area contributed by atoms with Gasteiger partial charge in [0.1, 0.15) is 10.0 Å². The topological polar surface area (TPSA) is 63.4 Å². The van der Waals surface area contributed by atoms with E-state index in [-0.39, 0.29) is 12.4 Å². The number of nitrogens with two attached hydrogens (primary N) is 1. The van der Waals surface area contributed by atoms with Crippen molar-refractivity contribution in [2.24, 2.45) is 5.73 Å². The predicted molar refractivity (Wildman–Crippen MR) is 82.1 cm³/mol. The van der Waals surface area contributed by atoms with Crippen LogP contribution in [0.2, 0.25) is 0 Å². The second-order valence-electron chi connectivity index (χ2n) is 4.65. The monoisotopic (exact) mass is 328 g/mol. The number of hydrogen-bond donors (Lipinski definition) is 1. The first-order valence-corrected chi connectivity index (χ1v) is 8.68. The summed E-state index contributed by atoms with van der Waals surface area (Å²) in [5.74, 6) is -0.339. The van der Waals surface area contributed by atoms with E-state index in [1.165, 1.54) is 34.8 Å². The fourth-order valence-corrected chi connectivity index (χ4v) is 4.60.